The Bertz CT molecular complexity index is 629. The lowest BCUT2D eigenvalue weighted by molar-refractivity contribution is 0.0693. The third-order valence-electron chi connectivity index (χ3n) is 2.90. The molecular weight excluding hydrogens is 264 g/mol. The number of nitrogens with one attached hydrogen (secondary N) is 1. The van der Waals surface area contributed by atoms with Gasteiger partial charge in [-0.2, -0.15) is 0 Å². The van der Waals surface area contributed by atoms with Crippen LogP contribution in [0.4, 0.5) is 14.5 Å². The molecule has 3 nitrogen and oxygen atoms in total. The van der Waals surface area contributed by atoms with Gasteiger partial charge < -0.3 is 10.4 Å². The molecule has 0 radical (unpaired) electrons. The molecule has 0 aliphatic rings. The highest BCUT2D eigenvalue weighted by Gasteiger charge is 2.15. The molecule has 104 valence electrons. The molecule has 0 spiro atoms. The lowest BCUT2D eigenvalue weighted by Crippen LogP contribution is -2.11. The zero-order valence-electron chi connectivity index (χ0n) is 10.6. The van der Waals surface area contributed by atoms with Crippen LogP contribution >= 0.6 is 0 Å². The number of hydrogen-bond donors (Lipinski definition) is 2. The molecule has 0 atom stereocenters. The Morgan fingerprint density at radius 1 is 1.05 bits per heavy atom. The van der Waals surface area contributed by atoms with Crippen LogP contribution in [-0.2, 0) is 6.42 Å². The predicted molar refractivity (Wildman–Crippen MR) is 72.0 cm³/mol. The molecule has 2 N–H and O–H groups in total. The van der Waals surface area contributed by atoms with Crippen molar-refractivity contribution in [1.29, 1.82) is 0 Å². The van der Waals surface area contributed by atoms with E-state index in [9.17, 15) is 13.6 Å². The van der Waals surface area contributed by atoms with Crippen LogP contribution in [0.3, 0.4) is 0 Å². The first-order valence-corrected chi connectivity index (χ1v) is 6.08. The number of carboxylic acids is 1. The minimum absolute atomic E-state index is 0.189. The first-order chi connectivity index (χ1) is 9.59. The minimum atomic E-state index is -1.34. The quantitative estimate of drug-likeness (QED) is 0.881. The van der Waals surface area contributed by atoms with Crippen molar-refractivity contribution in [2.75, 3.05) is 11.9 Å². The first-order valence-electron chi connectivity index (χ1n) is 6.08. The van der Waals surface area contributed by atoms with E-state index in [1.807, 2.05) is 0 Å². The van der Waals surface area contributed by atoms with Gasteiger partial charge in [0, 0.05) is 6.54 Å². The SMILES string of the molecule is O=C(O)c1c(F)cccc1NCCc1ccccc1F. The molecular formula is C15H13F2NO2. The maximum Gasteiger partial charge on any atom is 0.340 e. The average Bonchev–Trinajstić information content (AvgIpc) is 2.40. The highest BCUT2D eigenvalue weighted by molar-refractivity contribution is 5.94. The second kappa shape index (κ2) is 6.14. The van der Waals surface area contributed by atoms with E-state index in [-0.39, 0.29) is 11.5 Å². The van der Waals surface area contributed by atoms with Gasteiger partial charge in [0.25, 0.3) is 0 Å². The van der Waals surface area contributed by atoms with Crippen LogP contribution in [0, 0.1) is 11.6 Å². The molecule has 0 aromatic heterocycles. The fourth-order valence-electron chi connectivity index (χ4n) is 1.92. The van der Waals surface area contributed by atoms with E-state index in [4.69, 9.17) is 5.11 Å². The van der Waals surface area contributed by atoms with Gasteiger partial charge in [0.05, 0.1) is 5.69 Å². The van der Waals surface area contributed by atoms with Crippen LogP contribution in [0.2, 0.25) is 0 Å². The zero-order valence-corrected chi connectivity index (χ0v) is 10.6. The van der Waals surface area contributed by atoms with Crippen molar-refractivity contribution in [1.82, 2.24) is 0 Å². The Labute approximate surface area is 114 Å². The molecule has 0 amide bonds. The summed E-state index contributed by atoms with van der Waals surface area (Å²) in [4.78, 5) is 11.0. The number of rotatable bonds is 5. The van der Waals surface area contributed by atoms with Crippen LogP contribution in [0.1, 0.15) is 15.9 Å². The molecule has 2 rings (SSSR count). The van der Waals surface area contributed by atoms with Crippen molar-refractivity contribution < 1.29 is 18.7 Å². The topological polar surface area (TPSA) is 49.3 Å². The summed E-state index contributed by atoms with van der Waals surface area (Å²) < 4.78 is 26.8. The molecule has 2 aromatic rings. The van der Waals surface area contributed by atoms with Gasteiger partial charge in [-0.1, -0.05) is 24.3 Å². The second-order valence-corrected chi connectivity index (χ2v) is 4.24. The third kappa shape index (κ3) is 3.12. The summed E-state index contributed by atoms with van der Waals surface area (Å²) >= 11 is 0. The molecule has 0 heterocycles. The average molecular weight is 277 g/mol. The molecule has 0 aliphatic heterocycles. The van der Waals surface area contributed by atoms with E-state index in [2.05, 4.69) is 5.32 Å². The Hall–Kier alpha value is -2.43. The summed E-state index contributed by atoms with van der Waals surface area (Å²) in [5.41, 5.74) is 0.308. The molecule has 0 unspecified atom stereocenters. The molecule has 0 aliphatic carbocycles. The summed E-state index contributed by atoms with van der Waals surface area (Å²) in [6.45, 7) is 0.310. The van der Waals surface area contributed by atoms with Crippen molar-refractivity contribution in [2.24, 2.45) is 0 Å². The standard InChI is InChI=1S/C15H13F2NO2/c16-11-5-2-1-4-10(11)8-9-18-13-7-3-6-12(17)14(13)15(19)20/h1-7,18H,8-9H2,(H,19,20). The van der Waals surface area contributed by atoms with Gasteiger partial charge in [0.2, 0.25) is 0 Å². The first kappa shape index (κ1) is 14.0. The maximum atomic E-state index is 13.4. The largest absolute Gasteiger partial charge is 0.478 e. The lowest BCUT2D eigenvalue weighted by atomic mass is 10.1. The van der Waals surface area contributed by atoms with E-state index in [0.29, 0.717) is 18.5 Å². The van der Waals surface area contributed by atoms with Gasteiger partial charge >= 0.3 is 5.97 Å². The highest BCUT2D eigenvalue weighted by atomic mass is 19.1. The van der Waals surface area contributed by atoms with Crippen molar-refractivity contribution >= 4 is 11.7 Å². The number of benzene rings is 2. The fourth-order valence-corrected chi connectivity index (χ4v) is 1.92. The van der Waals surface area contributed by atoms with Gasteiger partial charge in [-0.05, 0) is 30.2 Å². The number of carboxylic acid groups (broad SMARTS) is 1. The van der Waals surface area contributed by atoms with Crippen molar-refractivity contribution in [2.45, 2.75) is 6.42 Å². The molecule has 0 fully saturated rings. The number of carbonyl (C=O) groups is 1. The van der Waals surface area contributed by atoms with Gasteiger partial charge in [0.15, 0.2) is 0 Å². The molecule has 2 aromatic carbocycles. The van der Waals surface area contributed by atoms with E-state index in [1.165, 1.54) is 18.2 Å². The summed E-state index contributed by atoms with van der Waals surface area (Å²) in [6, 6.07) is 10.3. The summed E-state index contributed by atoms with van der Waals surface area (Å²) in [5, 5.41) is 11.8. The molecule has 20 heavy (non-hydrogen) atoms. The summed E-state index contributed by atoms with van der Waals surface area (Å²) in [5.74, 6) is -2.45. The predicted octanol–water partition coefficient (Wildman–Crippen LogP) is 3.32. The molecule has 0 saturated heterocycles. The molecule has 0 bridgehead atoms. The highest BCUT2D eigenvalue weighted by Crippen LogP contribution is 2.19. The van der Waals surface area contributed by atoms with Crippen LogP contribution in [-0.4, -0.2) is 17.6 Å². The lowest BCUT2D eigenvalue weighted by Gasteiger charge is -2.10. The number of aromatic carboxylic acids is 1. The van der Waals surface area contributed by atoms with Crippen molar-refractivity contribution in [3.8, 4) is 0 Å². The van der Waals surface area contributed by atoms with Gasteiger partial charge in [-0.15, -0.1) is 0 Å². The summed E-state index contributed by atoms with van der Waals surface area (Å²) in [6.07, 6.45) is 0.377. The van der Waals surface area contributed by atoms with E-state index in [1.54, 1.807) is 18.2 Å². The Balaban J connectivity index is 2.07. The number of halogens is 2. The monoisotopic (exact) mass is 277 g/mol. The smallest absolute Gasteiger partial charge is 0.340 e. The van der Waals surface area contributed by atoms with Crippen LogP contribution in [0.15, 0.2) is 42.5 Å². The maximum absolute atomic E-state index is 13.4. The number of anilines is 1. The zero-order chi connectivity index (χ0) is 14.5. The number of hydrogen-bond acceptors (Lipinski definition) is 2. The van der Waals surface area contributed by atoms with E-state index >= 15 is 0 Å². The normalized spacial score (nSPS) is 10.3. The summed E-state index contributed by atoms with van der Waals surface area (Å²) in [7, 11) is 0. The molecule has 5 heteroatoms. The fraction of sp³-hybridized carbons (Fsp3) is 0.133. The van der Waals surface area contributed by atoms with E-state index < -0.39 is 17.3 Å². The van der Waals surface area contributed by atoms with Crippen molar-refractivity contribution in [3.05, 3.63) is 65.2 Å². The minimum Gasteiger partial charge on any atom is -0.478 e. The van der Waals surface area contributed by atoms with Crippen LogP contribution in [0.5, 0.6) is 0 Å². The van der Waals surface area contributed by atoms with E-state index in [0.717, 1.165) is 6.07 Å². The Morgan fingerprint density at radius 2 is 1.75 bits per heavy atom. The molecule has 0 saturated carbocycles. The van der Waals surface area contributed by atoms with Gasteiger partial charge in [-0.25, -0.2) is 13.6 Å². The van der Waals surface area contributed by atoms with Gasteiger partial charge in [-0.3, -0.25) is 0 Å². The third-order valence-corrected chi connectivity index (χ3v) is 2.90. The van der Waals surface area contributed by atoms with Crippen molar-refractivity contribution in [3.63, 3.8) is 0 Å². The second-order valence-electron chi connectivity index (χ2n) is 4.24. The van der Waals surface area contributed by atoms with Crippen LogP contribution in [0.25, 0.3) is 0 Å². The Morgan fingerprint density at radius 3 is 2.45 bits per heavy atom. The van der Waals surface area contributed by atoms with Gasteiger partial charge in [0.1, 0.15) is 17.2 Å². The van der Waals surface area contributed by atoms with Crippen LogP contribution < -0.4 is 5.32 Å². The Kier molecular flexibility index (Phi) is 4.30.